The fourth-order valence-corrected chi connectivity index (χ4v) is 4.36. The molecule has 3 aromatic rings. The molecule has 1 aliphatic heterocycles. The van der Waals surface area contributed by atoms with Crippen LogP contribution in [0.15, 0.2) is 73.8 Å². The third-order valence-electron chi connectivity index (χ3n) is 5.90. The van der Waals surface area contributed by atoms with Gasteiger partial charge in [0.1, 0.15) is 18.1 Å². The lowest BCUT2D eigenvalue weighted by Crippen LogP contribution is -2.34. The van der Waals surface area contributed by atoms with E-state index >= 15 is 0 Å². The molecule has 1 atom stereocenters. The Kier molecular flexibility index (Phi) is 6.58. The number of nitrogens with zero attached hydrogens (tertiary/aromatic N) is 4. The molecule has 1 aliphatic rings. The van der Waals surface area contributed by atoms with Gasteiger partial charge in [0.25, 0.3) is 0 Å². The number of hydrogen-bond acceptors (Lipinski definition) is 4. The zero-order valence-corrected chi connectivity index (χ0v) is 18.8. The Balaban J connectivity index is 1.68. The minimum atomic E-state index is -0.144. The molecular weight excluding hydrogens is 416 g/mol. The Morgan fingerprint density at radius 1 is 1.15 bits per heavy atom. The maximum atomic E-state index is 13.1. The number of imidazole rings is 1. The molecule has 0 bridgehead atoms. The van der Waals surface area contributed by atoms with E-state index in [-0.39, 0.29) is 24.3 Å². The molecule has 170 valence electrons. The monoisotopic (exact) mass is 444 g/mol. The van der Waals surface area contributed by atoms with Gasteiger partial charge in [0.15, 0.2) is 0 Å². The van der Waals surface area contributed by atoms with Gasteiger partial charge in [-0.05, 0) is 24.3 Å². The number of fused-ring (bicyclic) bond motifs is 1. The molecule has 0 N–H and O–H groups in total. The molecule has 1 saturated heterocycles. The van der Waals surface area contributed by atoms with Gasteiger partial charge in [-0.2, -0.15) is 0 Å². The lowest BCUT2D eigenvalue weighted by molar-refractivity contribution is -0.130. The van der Waals surface area contributed by atoms with Crippen molar-refractivity contribution in [3.05, 3.63) is 79.7 Å². The summed E-state index contributed by atoms with van der Waals surface area (Å²) in [6, 6.07) is 15.2. The second kappa shape index (κ2) is 9.73. The number of carbonyl (C=O) groups is 2. The first-order valence-electron chi connectivity index (χ1n) is 11.0. The Morgan fingerprint density at radius 2 is 1.85 bits per heavy atom. The van der Waals surface area contributed by atoms with E-state index in [1.54, 1.807) is 29.1 Å². The second-order valence-electron chi connectivity index (χ2n) is 8.00. The molecular formula is C26H28N4O3. The van der Waals surface area contributed by atoms with Crippen molar-refractivity contribution < 1.29 is 14.3 Å². The highest BCUT2D eigenvalue weighted by Gasteiger charge is 2.36. The van der Waals surface area contributed by atoms with Gasteiger partial charge < -0.3 is 19.1 Å². The summed E-state index contributed by atoms with van der Waals surface area (Å²) in [4.78, 5) is 34.4. The van der Waals surface area contributed by atoms with Gasteiger partial charge in [-0.25, -0.2) is 4.98 Å². The molecule has 1 unspecified atom stereocenters. The average molecular weight is 445 g/mol. The molecule has 0 spiro atoms. The number of hydrogen-bond donors (Lipinski definition) is 0. The number of anilines is 1. The lowest BCUT2D eigenvalue weighted by Gasteiger charge is -2.22. The van der Waals surface area contributed by atoms with Gasteiger partial charge in [0, 0.05) is 32.0 Å². The summed E-state index contributed by atoms with van der Waals surface area (Å²) in [7, 11) is 1.60. The summed E-state index contributed by atoms with van der Waals surface area (Å²) < 4.78 is 7.41. The van der Waals surface area contributed by atoms with Crippen molar-refractivity contribution in [1.82, 2.24) is 14.5 Å². The maximum absolute atomic E-state index is 13.1. The number of carbonyl (C=O) groups excluding carboxylic acids is 2. The fourth-order valence-electron chi connectivity index (χ4n) is 4.36. The van der Waals surface area contributed by atoms with Crippen LogP contribution in [0.25, 0.3) is 11.0 Å². The van der Waals surface area contributed by atoms with E-state index < -0.39 is 0 Å². The van der Waals surface area contributed by atoms with Crippen LogP contribution in [-0.2, 0) is 16.1 Å². The fraction of sp³-hybridized carbons (Fsp3) is 0.269. The van der Waals surface area contributed by atoms with Crippen molar-refractivity contribution in [1.29, 1.82) is 0 Å². The molecule has 2 aromatic carbocycles. The third-order valence-corrected chi connectivity index (χ3v) is 5.90. The van der Waals surface area contributed by atoms with Gasteiger partial charge in [-0.15, -0.1) is 13.2 Å². The summed E-state index contributed by atoms with van der Waals surface area (Å²) in [5, 5.41) is 0. The summed E-state index contributed by atoms with van der Waals surface area (Å²) in [5.74, 6) is 1.21. The first-order valence-corrected chi connectivity index (χ1v) is 11.0. The van der Waals surface area contributed by atoms with E-state index in [1.165, 1.54) is 0 Å². The molecule has 2 heterocycles. The molecule has 1 fully saturated rings. The summed E-state index contributed by atoms with van der Waals surface area (Å²) in [6.07, 6.45) is 3.72. The van der Waals surface area contributed by atoms with Gasteiger partial charge in [0.05, 0.1) is 23.8 Å². The Bertz CT molecular complexity index is 1190. The molecule has 7 heteroatoms. The van der Waals surface area contributed by atoms with Crippen molar-refractivity contribution in [2.24, 2.45) is 0 Å². The number of rotatable bonds is 9. The van der Waals surface area contributed by atoms with E-state index in [0.717, 1.165) is 22.5 Å². The highest BCUT2D eigenvalue weighted by atomic mass is 16.5. The first kappa shape index (κ1) is 22.3. The van der Waals surface area contributed by atoms with Crippen LogP contribution in [0.5, 0.6) is 5.75 Å². The Labute approximate surface area is 193 Å². The maximum Gasteiger partial charge on any atom is 0.243 e. The number of benzene rings is 2. The smallest absolute Gasteiger partial charge is 0.243 e. The van der Waals surface area contributed by atoms with Crippen LogP contribution in [0.3, 0.4) is 0 Å². The largest absolute Gasteiger partial charge is 0.495 e. The van der Waals surface area contributed by atoms with Crippen molar-refractivity contribution in [3.63, 3.8) is 0 Å². The number of methoxy groups -OCH3 is 1. The zero-order chi connectivity index (χ0) is 23.4. The summed E-state index contributed by atoms with van der Waals surface area (Å²) in [6.45, 7) is 8.99. The number of para-hydroxylation sites is 4. The SMILES string of the molecule is C=CCN(CC=C)C(=O)Cn1c(C2CC(=O)N(c3ccccc3OC)C2)nc2ccccc21. The minimum absolute atomic E-state index is 0.00868. The number of amides is 2. The van der Waals surface area contributed by atoms with Crippen LogP contribution in [0, 0.1) is 0 Å². The van der Waals surface area contributed by atoms with Crippen molar-refractivity contribution in [2.75, 3.05) is 31.6 Å². The van der Waals surface area contributed by atoms with Crippen LogP contribution in [0.2, 0.25) is 0 Å². The second-order valence-corrected chi connectivity index (χ2v) is 8.00. The highest BCUT2D eigenvalue weighted by molar-refractivity contribution is 5.98. The predicted molar refractivity (Wildman–Crippen MR) is 129 cm³/mol. The van der Waals surface area contributed by atoms with Gasteiger partial charge in [-0.3, -0.25) is 9.59 Å². The van der Waals surface area contributed by atoms with Crippen molar-refractivity contribution in [2.45, 2.75) is 18.9 Å². The van der Waals surface area contributed by atoms with Crippen molar-refractivity contribution >= 4 is 28.5 Å². The summed E-state index contributed by atoms with van der Waals surface area (Å²) in [5.41, 5.74) is 2.43. The molecule has 2 amide bonds. The molecule has 0 aliphatic carbocycles. The third kappa shape index (κ3) is 4.39. The number of ether oxygens (including phenoxy) is 1. The Hall–Kier alpha value is -3.87. The van der Waals surface area contributed by atoms with Crippen LogP contribution >= 0.6 is 0 Å². The lowest BCUT2D eigenvalue weighted by atomic mass is 10.1. The molecule has 0 radical (unpaired) electrons. The molecule has 33 heavy (non-hydrogen) atoms. The predicted octanol–water partition coefficient (Wildman–Crippen LogP) is 3.77. The van der Waals surface area contributed by atoms with E-state index in [0.29, 0.717) is 31.8 Å². The van der Waals surface area contributed by atoms with Crippen LogP contribution in [-0.4, -0.2) is 53.0 Å². The molecule has 0 saturated carbocycles. The normalized spacial score (nSPS) is 15.6. The van der Waals surface area contributed by atoms with Gasteiger partial charge >= 0.3 is 0 Å². The topological polar surface area (TPSA) is 67.7 Å². The zero-order valence-electron chi connectivity index (χ0n) is 18.8. The van der Waals surface area contributed by atoms with Crippen LogP contribution < -0.4 is 9.64 Å². The molecule has 1 aromatic heterocycles. The van der Waals surface area contributed by atoms with Gasteiger partial charge in [0.2, 0.25) is 11.8 Å². The van der Waals surface area contributed by atoms with E-state index in [1.807, 2.05) is 53.1 Å². The quantitative estimate of drug-likeness (QED) is 0.471. The standard InChI is InChI=1S/C26H28N4O3/c1-4-14-28(15-5-2)25(32)18-30-21-11-7-6-10-20(21)27-26(30)19-16-24(31)29(17-19)22-12-8-9-13-23(22)33-3/h4-13,19H,1-2,14-18H2,3H3. The molecule has 7 nitrogen and oxygen atoms in total. The average Bonchev–Trinajstić information content (AvgIpc) is 3.39. The molecule has 4 rings (SSSR count). The van der Waals surface area contributed by atoms with E-state index in [2.05, 4.69) is 13.2 Å². The number of aromatic nitrogens is 2. The van der Waals surface area contributed by atoms with E-state index in [4.69, 9.17) is 9.72 Å². The van der Waals surface area contributed by atoms with E-state index in [9.17, 15) is 9.59 Å². The first-order chi connectivity index (χ1) is 16.1. The van der Waals surface area contributed by atoms with Crippen molar-refractivity contribution in [3.8, 4) is 5.75 Å². The highest BCUT2D eigenvalue weighted by Crippen LogP contribution is 2.37. The van der Waals surface area contributed by atoms with Crippen LogP contribution in [0.1, 0.15) is 18.2 Å². The summed E-state index contributed by atoms with van der Waals surface area (Å²) >= 11 is 0. The van der Waals surface area contributed by atoms with Crippen LogP contribution in [0.4, 0.5) is 5.69 Å². The van der Waals surface area contributed by atoms with Gasteiger partial charge in [-0.1, -0.05) is 36.4 Å². The minimum Gasteiger partial charge on any atom is -0.495 e. The Morgan fingerprint density at radius 3 is 2.58 bits per heavy atom.